The van der Waals surface area contributed by atoms with E-state index in [1.54, 1.807) is 0 Å². The normalized spacial score (nSPS) is 12.6. The molecule has 2 rings (SSSR count). The molecule has 17 heavy (non-hydrogen) atoms. The molecule has 1 aromatic heterocycles. The first kappa shape index (κ1) is 12.2. The van der Waals surface area contributed by atoms with Crippen molar-refractivity contribution in [3.63, 3.8) is 0 Å². The van der Waals surface area contributed by atoms with E-state index in [0.29, 0.717) is 12.0 Å². The maximum atomic E-state index is 13.5. The molecule has 2 nitrogen and oxygen atoms in total. The van der Waals surface area contributed by atoms with Crippen LogP contribution in [-0.4, -0.2) is 0 Å². The van der Waals surface area contributed by atoms with Crippen LogP contribution in [0, 0.1) is 11.6 Å². The van der Waals surface area contributed by atoms with Crippen LogP contribution in [-0.2, 0) is 6.42 Å². The highest BCUT2D eigenvalue weighted by atomic mass is 32.1. The summed E-state index contributed by atoms with van der Waals surface area (Å²) in [6, 6.07) is 5.14. The second-order valence-corrected chi connectivity index (χ2v) is 4.50. The molecular formula is C12H12F2N2S. The summed E-state index contributed by atoms with van der Waals surface area (Å²) in [4.78, 5) is 0. The fourth-order valence-corrected chi connectivity index (χ4v) is 2.38. The van der Waals surface area contributed by atoms with Crippen molar-refractivity contribution in [3.8, 4) is 0 Å². The van der Waals surface area contributed by atoms with Crippen LogP contribution in [0.15, 0.2) is 35.0 Å². The minimum Gasteiger partial charge on any atom is -0.271 e. The highest BCUT2D eigenvalue weighted by Crippen LogP contribution is 2.22. The lowest BCUT2D eigenvalue weighted by Crippen LogP contribution is -2.29. The Bertz CT molecular complexity index is 485. The topological polar surface area (TPSA) is 38.0 Å². The van der Waals surface area contributed by atoms with Crippen LogP contribution in [0.25, 0.3) is 0 Å². The van der Waals surface area contributed by atoms with Crippen molar-refractivity contribution >= 4 is 11.3 Å². The minimum absolute atomic E-state index is 0.211. The van der Waals surface area contributed by atoms with E-state index in [1.165, 1.54) is 17.4 Å². The van der Waals surface area contributed by atoms with Crippen LogP contribution in [0.3, 0.4) is 0 Å². The number of halogens is 2. The van der Waals surface area contributed by atoms with Gasteiger partial charge in [0.05, 0.1) is 6.04 Å². The summed E-state index contributed by atoms with van der Waals surface area (Å²) >= 11 is 1.54. The van der Waals surface area contributed by atoms with E-state index in [1.807, 2.05) is 16.8 Å². The van der Waals surface area contributed by atoms with Gasteiger partial charge in [0.15, 0.2) is 0 Å². The van der Waals surface area contributed by atoms with Crippen molar-refractivity contribution in [1.82, 2.24) is 5.43 Å². The molecule has 0 amide bonds. The van der Waals surface area contributed by atoms with E-state index >= 15 is 0 Å². The highest BCUT2D eigenvalue weighted by Gasteiger charge is 2.14. The van der Waals surface area contributed by atoms with E-state index in [4.69, 9.17) is 5.84 Å². The maximum Gasteiger partial charge on any atom is 0.126 e. The molecule has 3 N–H and O–H groups in total. The molecule has 0 fully saturated rings. The Labute approximate surface area is 102 Å². The molecular weight excluding hydrogens is 242 g/mol. The number of hydrazine groups is 1. The molecule has 0 aliphatic rings. The number of benzene rings is 1. The Morgan fingerprint density at radius 3 is 2.76 bits per heavy atom. The molecule has 2 aromatic rings. The van der Waals surface area contributed by atoms with Gasteiger partial charge >= 0.3 is 0 Å². The lowest BCUT2D eigenvalue weighted by atomic mass is 10.0. The molecule has 0 radical (unpaired) electrons. The average Bonchev–Trinajstić information content (AvgIpc) is 2.84. The number of nitrogens with one attached hydrogen (secondary N) is 1. The third-order valence-corrected chi connectivity index (χ3v) is 3.28. The molecule has 0 aliphatic carbocycles. The average molecular weight is 254 g/mol. The summed E-state index contributed by atoms with van der Waals surface area (Å²) in [5.41, 5.74) is 3.91. The van der Waals surface area contributed by atoms with Gasteiger partial charge in [0.1, 0.15) is 11.6 Å². The second kappa shape index (κ2) is 5.35. The summed E-state index contributed by atoms with van der Waals surface area (Å²) in [6.45, 7) is 0. The molecule has 5 heteroatoms. The summed E-state index contributed by atoms with van der Waals surface area (Å²) < 4.78 is 26.5. The SMILES string of the molecule is NNC(Cc1cc(F)ccc1F)c1ccsc1. The van der Waals surface area contributed by atoms with Crippen LogP contribution < -0.4 is 11.3 Å². The molecule has 1 aromatic carbocycles. The Morgan fingerprint density at radius 1 is 1.29 bits per heavy atom. The van der Waals surface area contributed by atoms with Gasteiger partial charge in [-0.15, -0.1) is 0 Å². The first-order valence-electron chi connectivity index (χ1n) is 5.13. The first-order chi connectivity index (χ1) is 8.20. The zero-order valence-corrected chi connectivity index (χ0v) is 9.81. The standard InChI is InChI=1S/C12H12F2N2S/c13-10-1-2-11(14)9(5-10)6-12(16-15)8-3-4-17-7-8/h1-5,7,12,16H,6,15H2. The third kappa shape index (κ3) is 2.88. The third-order valence-electron chi connectivity index (χ3n) is 2.58. The Balaban J connectivity index is 2.21. The lowest BCUT2D eigenvalue weighted by molar-refractivity contribution is 0.524. The largest absolute Gasteiger partial charge is 0.271 e. The van der Waals surface area contributed by atoms with Gasteiger partial charge in [-0.25, -0.2) is 8.78 Å². The van der Waals surface area contributed by atoms with Crippen molar-refractivity contribution in [2.24, 2.45) is 5.84 Å². The van der Waals surface area contributed by atoms with E-state index in [0.717, 1.165) is 17.7 Å². The molecule has 90 valence electrons. The number of nitrogens with two attached hydrogens (primary N) is 1. The zero-order chi connectivity index (χ0) is 12.3. The van der Waals surface area contributed by atoms with Crippen LogP contribution in [0.5, 0.6) is 0 Å². The fraction of sp³-hybridized carbons (Fsp3) is 0.167. The fourth-order valence-electron chi connectivity index (χ4n) is 1.67. The molecule has 0 saturated heterocycles. The second-order valence-electron chi connectivity index (χ2n) is 3.72. The predicted octanol–water partition coefficient (Wildman–Crippen LogP) is 2.77. The smallest absolute Gasteiger partial charge is 0.126 e. The van der Waals surface area contributed by atoms with Gasteiger partial charge in [-0.2, -0.15) is 11.3 Å². The van der Waals surface area contributed by atoms with E-state index in [9.17, 15) is 8.78 Å². The summed E-state index contributed by atoms with van der Waals surface area (Å²) in [7, 11) is 0. The van der Waals surface area contributed by atoms with Crippen molar-refractivity contribution < 1.29 is 8.78 Å². The molecule has 0 saturated carbocycles. The molecule has 0 spiro atoms. The van der Waals surface area contributed by atoms with Gasteiger partial charge in [0.2, 0.25) is 0 Å². The summed E-state index contributed by atoms with van der Waals surface area (Å²) in [6.07, 6.45) is 0.316. The van der Waals surface area contributed by atoms with Crippen LogP contribution in [0.4, 0.5) is 8.78 Å². The molecule has 0 aliphatic heterocycles. The molecule has 1 unspecified atom stereocenters. The summed E-state index contributed by atoms with van der Waals surface area (Å²) in [5, 5.41) is 3.85. The van der Waals surface area contributed by atoms with Crippen molar-refractivity contribution in [3.05, 3.63) is 57.8 Å². The van der Waals surface area contributed by atoms with Gasteiger partial charge in [0, 0.05) is 0 Å². The van der Waals surface area contributed by atoms with Crippen molar-refractivity contribution in [2.75, 3.05) is 0 Å². The van der Waals surface area contributed by atoms with Gasteiger partial charge in [-0.05, 0) is 52.6 Å². The number of rotatable bonds is 4. The van der Waals surface area contributed by atoms with E-state index in [-0.39, 0.29) is 6.04 Å². The minimum atomic E-state index is -0.442. The van der Waals surface area contributed by atoms with E-state index < -0.39 is 11.6 Å². The monoisotopic (exact) mass is 254 g/mol. The Hall–Kier alpha value is -1.30. The highest BCUT2D eigenvalue weighted by molar-refractivity contribution is 7.07. The zero-order valence-electron chi connectivity index (χ0n) is 8.99. The summed E-state index contributed by atoms with van der Waals surface area (Å²) in [5.74, 6) is 4.58. The molecule has 1 atom stereocenters. The van der Waals surface area contributed by atoms with Crippen molar-refractivity contribution in [1.29, 1.82) is 0 Å². The van der Waals surface area contributed by atoms with Gasteiger partial charge in [-0.3, -0.25) is 11.3 Å². The van der Waals surface area contributed by atoms with Gasteiger partial charge < -0.3 is 0 Å². The van der Waals surface area contributed by atoms with Crippen LogP contribution in [0.1, 0.15) is 17.2 Å². The number of thiophene rings is 1. The van der Waals surface area contributed by atoms with Gasteiger partial charge in [-0.1, -0.05) is 0 Å². The quantitative estimate of drug-likeness (QED) is 0.650. The van der Waals surface area contributed by atoms with Gasteiger partial charge in [0.25, 0.3) is 0 Å². The van der Waals surface area contributed by atoms with Crippen molar-refractivity contribution in [2.45, 2.75) is 12.5 Å². The number of hydrogen-bond donors (Lipinski definition) is 2. The lowest BCUT2D eigenvalue weighted by Gasteiger charge is -2.15. The molecule has 0 bridgehead atoms. The van der Waals surface area contributed by atoms with Crippen LogP contribution in [0.2, 0.25) is 0 Å². The first-order valence-corrected chi connectivity index (χ1v) is 6.07. The molecule has 1 heterocycles. The Morgan fingerprint density at radius 2 is 2.12 bits per heavy atom. The van der Waals surface area contributed by atoms with Crippen LogP contribution >= 0.6 is 11.3 Å². The van der Waals surface area contributed by atoms with E-state index in [2.05, 4.69) is 5.43 Å². The maximum absolute atomic E-state index is 13.5. The Kier molecular flexibility index (Phi) is 3.83. The predicted molar refractivity (Wildman–Crippen MR) is 64.4 cm³/mol. The number of hydrogen-bond acceptors (Lipinski definition) is 3.